The molecule has 6 heteroatoms. The molecular weight excluding hydrogens is 358 g/mol. The third-order valence-corrected chi connectivity index (χ3v) is 4.13. The Morgan fingerprint density at radius 3 is 2.36 bits per heavy atom. The number of fused-ring (bicyclic) bond motifs is 1. The molecule has 4 rings (SSSR count). The molecular formula is C22H19NO5. The fourth-order valence-electron chi connectivity index (χ4n) is 2.68. The molecule has 3 aromatic rings. The van der Waals surface area contributed by atoms with Crippen LogP contribution < -0.4 is 24.3 Å². The number of hydrogen-bond donors (Lipinski definition) is 1. The second-order valence-electron chi connectivity index (χ2n) is 6.20. The zero-order chi connectivity index (χ0) is 19.3. The molecule has 1 N–H and O–H groups in total. The summed E-state index contributed by atoms with van der Waals surface area (Å²) in [5.74, 6) is 3.01. The lowest BCUT2D eigenvalue weighted by Gasteiger charge is -2.15. The van der Waals surface area contributed by atoms with Gasteiger partial charge in [0.15, 0.2) is 17.6 Å². The molecule has 1 aliphatic heterocycles. The topological polar surface area (TPSA) is 66.0 Å². The van der Waals surface area contributed by atoms with E-state index in [1.807, 2.05) is 30.3 Å². The molecule has 1 atom stereocenters. The lowest BCUT2D eigenvalue weighted by Crippen LogP contribution is -2.30. The molecule has 28 heavy (non-hydrogen) atoms. The van der Waals surface area contributed by atoms with Crippen LogP contribution in [0.4, 0.5) is 5.69 Å². The molecule has 1 unspecified atom stereocenters. The first-order valence-electron chi connectivity index (χ1n) is 8.87. The van der Waals surface area contributed by atoms with Crippen molar-refractivity contribution < 1.29 is 23.7 Å². The summed E-state index contributed by atoms with van der Waals surface area (Å²) in [7, 11) is 0. The van der Waals surface area contributed by atoms with Gasteiger partial charge in [-0.15, -0.1) is 0 Å². The van der Waals surface area contributed by atoms with Crippen molar-refractivity contribution in [1.29, 1.82) is 0 Å². The number of benzene rings is 3. The Bertz CT molecular complexity index is 956. The van der Waals surface area contributed by atoms with Gasteiger partial charge >= 0.3 is 0 Å². The number of anilines is 1. The third kappa shape index (κ3) is 4.17. The molecule has 1 aliphatic rings. The number of ether oxygens (including phenoxy) is 4. The van der Waals surface area contributed by atoms with Gasteiger partial charge in [-0.1, -0.05) is 18.2 Å². The molecule has 0 radical (unpaired) electrons. The van der Waals surface area contributed by atoms with Gasteiger partial charge in [0.25, 0.3) is 5.91 Å². The Morgan fingerprint density at radius 2 is 1.57 bits per heavy atom. The summed E-state index contributed by atoms with van der Waals surface area (Å²) in [4.78, 5) is 12.4. The Kier molecular flexibility index (Phi) is 5.01. The third-order valence-electron chi connectivity index (χ3n) is 4.13. The van der Waals surface area contributed by atoms with Crippen molar-refractivity contribution in [1.82, 2.24) is 0 Å². The molecule has 3 aromatic carbocycles. The normalized spacial score (nSPS) is 12.9. The van der Waals surface area contributed by atoms with Gasteiger partial charge in [-0.2, -0.15) is 0 Å². The zero-order valence-electron chi connectivity index (χ0n) is 15.3. The van der Waals surface area contributed by atoms with E-state index < -0.39 is 6.10 Å². The standard InChI is InChI=1S/C22H19NO5/c1-15(27-19-11-12-20-21(13-19)26-14-25-20)22(24)23-16-7-9-18(10-8-16)28-17-5-3-2-4-6-17/h2-13,15H,14H2,1H3,(H,23,24). The van der Waals surface area contributed by atoms with Crippen molar-refractivity contribution in [3.05, 3.63) is 72.8 Å². The minimum atomic E-state index is -0.680. The molecule has 0 bridgehead atoms. The van der Waals surface area contributed by atoms with Crippen LogP contribution in [-0.4, -0.2) is 18.8 Å². The molecule has 0 saturated carbocycles. The van der Waals surface area contributed by atoms with Crippen LogP contribution in [0.5, 0.6) is 28.7 Å². The Morgan fingerprint density at radius 1 is 0.893 bits per heavy atom. The monoisotopic (exact) mass is 377 g/mol. The van der Waals surface area contributed by atoms with Crippen LogP contribution in [0.1, 0.15) is 6.92 Å². The highest BCUT2D eigenvalue weighted by atomic mass is 16.7. The van der Waals surface area contributed by atoms with E-state index in [2.05, 4.69) is 5.32 Å². The van der Waals surface area contributed by atoms with Gasteiger partial charge in [-0.25, -0.2) is 0 Å². The Balaban J connectivity index is 1.33. The molecule has 6 nitrogen and oxygen atoms in total. The first-order chi connectivity index (χ1) is 13.7. The number of amides is 1. The van der Waals surface area contributed by atoms with Crippen molar-refractivity contribution in [2.75, 3.05) is 12.1 Å². The zero-order valence-corrected chi connectivity index (χ0v) is 15.3. The van der Waals surface area contributed by atoms with Gasteiger partial charge in [-0.05, 0) is 55.5 Å². The van der Waals surface area contributed by atoms with Crippen LogP contribution in [0.25, 0.3) is 0 Å². The molecule has 0 aliphatic carbocycles. The predicted molar refractivity (Wildman–Crippen MR) is 104 cm³/mol. The minimum Gasteiger partial charge on any atom is -0.481 e. The Labute approximate surface area is 162 Å². The van der Waals surface area contributed by atoms with Gasteiger partial charge in [0.2, 0.25) is 6.79 Å². The number of carbonyl (C=O) groups excluding carboxylic acids is 1. The summed E-state index contributed by atoms with van der Waals surface area (Å²) >= 11 is 0. The minimum absolute atomic E-state index is 0.193. The van der Waals surface area contributed by atoms with Crippen molar-refractivity contribution in [2.45, 2.75) is 13.0 Å². The predicted octanol–water partition coefficient (Wildman–Crippen LogP) is 4.61. The summed E-state index contributed by atoms with van der Waals surface area (Å²) in [5, 5.41) is 2.83. The molecule has 0 aromatic heterocycles. The second-order valence-corrected chi connectivity index (χ2v) is 6.20. The van der Waals surface area contributed by atoms with Crippen LogP contribution in [-0.2, 0) is 4.79 Å². The average Bonchev–Trinajstić information content (AvgIpc) is 3.18. The van der Waals surface area contributed by atoms with E-state index in [0.29, 0.717) is 28.7 Å². The molecule has 0 spiro atoms. The summed E-state index contributed by atoms with van der Waals surface area (Å²) in [6, 6.07) is 21.9. The Hall–Kier alpha value is -3.67. The van der Waals surface area contributed by atoms with E-state index in [1.54, 1.807) is 49.4 Å². The second kappa shape index (κ2) is 7.92. The van der Waals surface area contributed by atoms with E-state index in [0.717, 1.165) is 5.75 Å². The van der Waals surface area contributed by atoms with Gasteiger partial charge in [0, 0.05) is 11.8 Å². The van der Waals surface area contributed by atoms with Crippen molar-refractivity contribution in [3.63, 3.8) is 0 Å². The van der Waals surface area contributed by atoms with Gasteiger partial charge in [-0.3, -0.25) is 4.79 Å². The fraction of sp³-hybridized carbons (Fsp3) is 0.136. The molecule has 1 heterocycles. The average molecular weight is 377 g/mol. The quantitative estimate of drug-likeness (QED) is 0.679. The molecule has 142 valence electrons. The van der Waals surface area contributed by atoms with E-state index in [9.17, 15) is 4.79 Å². The van der Waals surface area contributed by atoms with E-state index in [4.69, 9.17) is 18.9 Å². The lowest BCUT2D eigenvalue weighted by molar-refractivity contribution is -0.122. The number of carbonyl (C=O) groups is 1. The maximum Gasteiger partial charge on any atom is 0.265 e. The number of hydrogen-bond acceptors (Lipinski definition) is 5. The lowest BCUT2D eigenvalue weighted by atomic mass is 10.2. The summed E-state index contributed by atoms with van der Waals surface area (Å²) in [5.41, 5.74) is 0.659. The van der Waals surface area contributed by atoms with Gasteiger partial charge in [0.1, 0.15) is 17.2 Å². The van der Waals surface area contributed by atoms with Gasteiger partial charge < -0.3 is 24.3 Å². The van der Waals surface area contributed by atoms with Crippen LogP contribution in [0.2, 0.25) is 0 Å². The maximum absolute atomic E-state index is 12.4. The smallest absolute Gasteiger partial charge is 0.265 e. The highest BCUT2D eigenvalue weighted by Gasteiger charge is 2.18. The number of para-hydroxylation sites is 1. The summed E-state index contributed by atoms with van der Waals surface area (Å²) < 4.78 is 22.0. The summed E-state index contributed by atoms with van der Waals surface area (Å²) in [6.07, 6.45) is -0.680. The van der Waals surface area contributed by atoms with Crippen LogP contribution in [0, 0.1) is 0 Å². The first-order valence-corrected chi connectivity index (χ1v) is 8.87. The largest absolute Gasteiger partial charge is 0.481 e. The van der Waals surface area contributed by atoms with E-state index in [-0.39, 0.29) is 12.7 Å². The van der Waals surface area contributed by atoms with E-state index in [1.165, 1.54) is 0 Å². The number of nitrogens with one attached hydrogen (secondary N) is 1. The van der Waals surface area contributed by atoms with Gasteiger partial charge in [0.05, 0.1) is 0 Å². The van der Waals surface area contributed by atoms with Crippen LogP contribution in [0.3, 0.4) is 0 Å². The van der Waals surface area contributed by atoms with Crippen molar-refractivity contribution in [3.8, 4) is 28.7 Å². The molecule has 0 saturated heterocycles. The highest BCUT2D eigenvalue weighted by Crippen LogP contribution is 2.35. The molecule has 0 fully saturated rings. The highest BCUT2D eigenvalue weighted by molar-refractivity contribution is 5.94. The SMILES string of the molecule is CC(Oc1ccc2c(c1)OCO2)C(=O)Nc1ccc(Oc2ccccc2)cc1. The van der Waals surface area contributed by atoms with Crippen LogP contribution >= 0.6 is 0 Å². The summed E-state index contributed by atoms with van der Waals surface area (Å²) in [6.45, 7) is 1.88. The first kappa shape index (κ1) is 17.7. The molecule has 1 amide bonds. The van der Waals surface area contributed by atoms with E-state index >= 15 is 0 Å². The van der Waals surface area contributed by atoms with Crippen LogP contribution in [0.15, 0.2) is 72.8 Å². The number of rotatable bonds is 6. The van der Waals surface area contributed by atoms with Crippen molar-refractivity contribution in [2.24, 2.45) is 0 Å². The fourth-order valence-corrected chi connectivity index (χ4v) is 2.68. The van der Waals surface area contributed by atoms with Crippen molar-refractivity contribution >= 4 is 11.6 Å². The maximum atomic E-state index is 12.4.